The van der Waals surface area contributed by atoms with Gasteiger partial charge in [-0.2, -0.15) is 13.2 Å². The van der Waals surface area contributed by atoms with E-state index in [2.05, 4.69) is 12.2 Å². The van der Waals surface area contributed by atoms with Gasteiger partial charge in [0.1, 0.15) is 0 Å². The average Bonchev–Trinajstić information content (AvgIpc) is 2.71. The first-order valence-corrected chi connectivity index (χ1v) is 12.0. The number of benzene rings is 1. The van der Waals surface area contributed by atoms with Crippen LogP contribution in [0.25, 0.3) is 0 Å². The molecule has 0 bridgehead atoms. The zero-order valence-electron chi connectivity index (χ0n) is 19.0. The van der Waals surface area contributed by atoms with Gasteiger partial charge < -0.3 is 10.4 Å². The largest absolute Gasteiger partial charge is 0.478 e. The van der Waals surface area contributed by atoms with E-state index in [0.717, 1.165) is 57.1 Å². The molecule has 1 aromatic carbocycles. The molecule has 0 saturated carbocycles. The summed E-state index contributed by atoms with van der Waals surface area (Å²) in [6.45, 7) is 2.20. The normalized spacial score (nSPS) is 12.6. The number of rotatable bonds is 18. The second-order valence-corrected chi connectivity index (χ2v) is 8.56. The van der Waals surface area contributed by atoms with E-state index in [-0.39, 0.29) is 6.42 Å². The maximum absolute atomic E-state index is 12.1. The van der Waals surface area contributed by atoms with Crippen molar-refractivity contribution in [3.63, 3.8) is 0 Å². The number of unbranched alkanes of at least 4 members (excludes halogenated alkanes) is 10. The van der Waals surface area contributed by atoms with Gasteiger partial charge in [-0.25, -0.2) is 4.79 Å². The Balaban J connectivity index is 2.25. The number of hydrogen-bond acceptors (Lipinski definition) is 2. The van der Waals surface area contributed by atoms with E-state index in [1.807, 2.05) is 12.1 Å². The molecular formula is C25H40F3NO2. The second-order valence-electron chi connectivity index (χ2n) is 8.56. The molecule has 0 aliphatic rings. The molecule has 0 radical (unpaired) electrons. The van der Waals surface area contributed by atoms with Gasteiger partial charge in [-0.3, -0.25) is 0 Å². The lowest BCUT2D eigenvalue weighted by molar-refractivity contribution is -0.135. The van der Waals surface area contributed by atoms with Crippen LogP contribution in [-0.4, -0.2) is 23.3 Å². The number of anilines is 1. The minimum absolute atomic E-state index is 0.252. The summed E-state index contributed by atoms with van der Waals surface area (Å²) < 4.78 is 36.3. The zero-order valence-corrected chi connectivity index (χ0v) is 19.0. The summed E-state index contributed by atoms with van der Waals surface area (Å²) >= 11 is 0. The molecule has 31 heavy (non-hydrogen) atoms. The zero-order chi connectivity index (χ0) is 23.0. The van der Waals surface area contributed by atoms with Crippen molar-refractivity contribution in [3.8, 4) is 0 Å². The quantitative estimate of drug-likeness (QED) is 0.223. The third kappa shape index (κ3) is 14.8. The SMILES string of the molecule is CCCCCCC(CCCCCCCCCCC(F)(F)F)Nc1ccc(C(=O)O)cc1. The summed E-state index contributed by atoms with van der Waals surface area (Å²) in [5.74, 6) is -0.914. The fraction of sp³-hybridized carbons (Fsp3) is 0.720. The van der Waals surface area contributed by atoms with Crippen LogP contribution >= 0.6 is 0 Å². The molecule has 2 N–H and O–H groups in total. The Morgan fingerprint density at radius 2 is 1.32 bits per heavy atom. The molecule has 3 nitrogen and oxygen atoms in total. The lowest BCUT2D eigenvalue weighted by atomic mass is 9.99. The van der Waals surface area contributed by atoms with Crippen LogP contribution in [0.2, 0.25) is 0 Å². The number of nitrogens with one attached hydrogen (secondary N) is 1. The van der Waals surface area contributed by atoms with Crippen molar-refractivity contribution in [1.82, 2.24) is 0 Å². The van der Waals surface area contributed by atoms with Crippen LogP contribution < -0.4 is 5.32 Å². The molecule has 0 amide bonds. The highest BCUT2D eigenvalue weighted by molar-refractivity contribution is 5.87. The summed E-state index contributed by atoms with van der Waals surface area (Å²) in [4.78, 5) is 11.0. The molecule has 1 unspecified atom stereocenters. The lowest BCUT2D eigenvalue weighted by Crippen LogP contribution is -2.19. The first kappa shape index (κ1) is 27.3. The Morgan fingerprint density at radius 1 is 0.839 bits per heavy atom. The number of carboxylic acid groups (broad SMARTS) is 1. The molecule has 1 aromatic rings. The number of carbonyl (C=O) groups is 1. The van der Waals surface area contributed by atoms with Gasteiger partial charge in [-0.05, 0) is 43.5 Å². The van der Waals surface area contributed by atoms with Crippen LogP contribution in [0, 0.1) is 0 Å². The Morgan fingerprint density at radius 3 is 1.81 bits per heavy atom. The highest BCUT2D eigenvalue weighted by Gasteiger charge is 2.25. The molecule has 0 aliphatic carbocycles. The van der Waals surface area contributed by atoms with Crippen molar-refractivity contribution < 1.29 is 23.1 Å². The number of hydrogen-bond donors (Lipinski definition) is 2. The van der Waals surface area contributed by atoms with Crippen LogP contribution in [0.3, 0.4) is 0 Å². The molecule has 1 atom stereocenters. The van der Waals surface area contributed by atoms with Crippen molar-refractivity contribution >= 4 is 11.7 Å². The number of carboxylic acids is 1. The highest BCUT2D eigenvalue weighted by atomic mass is 19.4. The van der Waals surface area contributed by atoms with Crippen molar-refractivity contribution in [2.75, 3.05) is 5.32 Å². The number of aromatic carboxylic acids is 1. The van der Waals surface area contributed by atoms with E-state index in [0.29, 0.717) is 18.0 Å². The monoisotopic (exact) mass is 443 g/mol. The van der Waals surface area contributed by atoms with Crippen molar-refractivity contribution in [2.24, 2.45) is 0 Å². The predicted molar refractivity (Wildman–Crippen MR) is 122 cm³/mol. The molecule has 6 heteroatoms. The second kappa shape index (κ2) is 16.0. The first-order valence-electron chi connectivity index (χ1n) is 12.0. The smallest absolute Gasteiger partial charge is 0.389 e. The third-order valence-electron chi connectivity index (χ3n) is 5.67. The fourth-order valence-corrected chi connectivity index (χ4v) is 3.83. The van der Waals surface area contributed by atoms with Crippen LogP contribution in [0.5, 0.6) is 0 Å². The summed E-state index contributed by atoms with van der Waals surface area (Å²) in [6.07, 6.45) is 9.76. The van der Waals surface area contributed by atoms with E-state index >= 15 is 0 Å². The van der Waals surface area contributed by atoms with Crippen LogP contribution in [0.1, 0.15) is 114 Å². The van der Waals surface area contributed by atoms with E-state index in [1.165, 1.54) is 25.7 Å². The Kier molecular flexibility index (Phi) is 14.1. The van der Waals surface area contributed by atoms with Crippen molar-refractivity contribution in [2.45, 2.75) is 115 Å². The molecule has 0 aromatic heterocycles. The Hall–Kier alpha value is -1.72. The maximum atomic E-state index is 12.1. The molecule has 0 heterocycles. The van der Waals surface area contributed by atoms with Crippen molar-refractivity contribution in [1.29, 1.82) is 0 Å². The Labute approximate surface area is 185 Å². The highest BCUT2D eigenvalue weighted by Crippen LogP contribution is 2.23. The van der Waals surface area contributed by atoms with Gasteiger partial charge in [-0.1, -0.05) is 77.6 Å². The maximum Gasteiger partial charge on any atom is 0.389 e. The van der Waals surface area contributed by atoms with Crippen LogP contribution in [0.4, 0.5) is 18.9 Å². The number of alkyl halides is 3. The van der Waals surface area contributed by atoms with Gasteiger partial charge in [0, 0.05) is 18.2 Å². The first-order chi connectivity index (χ1) is 14.8. The van der Waals surface area contributed by atoms with Crippen molar-refractivity contribution in [3.05, 3.63) is 29.8 Å². The van der Waals surface area contributed by atoms with E-state index in [1.54, 1.807) is 12.1 Å². The Bertz CT molecular complexity index is 587. The third-order valence-corrected chi connectivity index (χ3v) is 5.67. The van der Waals surface area contributed by atoms with Gasteiger partial charge in [0.25, 0.3) is 0 Å². The van der Waals surface area contributed by atoms with Gasteiger partial charge in [-0.15, -0.1) is 0 Å². The molecule has 1 rings (SSSR count). The average molecular weight is 444 g/mol. The lowest BCUT2D eigenvalue weighted by Gasteiger charge is -2.20. The number of halogens is 3. The fourth-order valence-electron chi connectivity index (χ4n) is 3.83. The molecule has 0 saturated heterocycles. The van der Waals surface area contributed by atoms with Crippen LogP contribution in [0.15, 0.2) is 24.3 Å². The topological polar surface area (TPSA) is 49.3 Å². The molecule has 0 fully saturated rings. The summed E-state index contributed by atoms with van der Waals surface area (Å²) in [5, 5.41) is 12.6. The minimum atomic E-state index is -4.01. The molecule has 0 aliphatic heterocycles. The summed E-state index contributed by atoms with van der Waals surface area (Å²) in [6, 6.07) is 7.32. The summed E-state index contributed by atoms with van der Waals surface area (Å²) in [7, 11) is 0. The van der Waals surface area contributed by atoms with Gasteiger partial charge >= 0.3 is 12.1 Å². The van der Waals surface area contributed by atoms with Gasteiger partial charge in [0.05, 0.1) is 5.56 Å². The van der Waals surface area contributed by atoms with Gasteiger partial charge in [0.2, 0.25) is 0 Å². The van der Waals surface area contributed by atoms with Gasteiger partial charge in [0.15, 0.2) is 0 Å². The predicted octanol–water partition coefficient (Wildman–Crippen LogP) is 8.60. The standard InChI is InChI=1S/C25H40F3NO2/c1-2-3-4-11-14-22(29-23-18-16-21(17-19-23)24(30)31)15-12-9-7-5-6-8-10-13-20-25(26,27)28/h16-19,22,29H,2-15,20H2,1H3,(H,30,31). The van der Waals surface area contributed by atoms with Crippen LogP contribution in [-0.2, 0) is 0 Å². The summed E-state index contributed by atoms with van der Waals surface area (Å²) in [5.41, 5.74) is 1.26. The molecule has 0 spiro atoms. The van der Waals surface area contributed by atoms with E-state index < -0.39 is 18.6 Å². The minimum Gasteiger partial charge on any atom is -0.478 e. The van der Waals surface area contributed by atoms with E-state index in [4.69, 9.17) is 5.11 Å². The molecular weight excluding hydrogens is 403 g/mol. The van der Waals surface area contributed by atoms with E-state index in [9.17, 15) is 18.0 Å². The molecule has 178 valence electrons.